The van der Waals surface area contributed by atoms with Crippen LogP contribution in [-0.4, -0.2) is 23.0 Å². The average Bonchev–Trinajstić information content (AvgIpc) is 2.95. The number of aromatic nitrogens is 2. The fourth-order valence-electron chi connectivity index (χ4n) is 4.77. The zero-order chi connectivity index (χ0) is 27.5. The van der Waals surface area contributed by atoms with Gasteiger partial charge in [0.15, 0.2) is 11.5 Å². The molecule has 39 heavy (non-hydrogen) atoms. The Hall–Kier alpha value is -2.56. The van der Waals surface area contributed by atoms with Crippen molar-refractivity contribution in [3.05, 3.63) is 95.1 Å². The Bertz CT molecular complexity index is 1620. The first-order chi connectivity index (χ1) is 18.9. The van der Waals surface area contributed by atoms with Crippen molar-refractivity contribution in [1.82, 2.24) is 9.66 Å². The van der Waals surface area contributed by atoms with Crippen LogP contribution in [0, 0.1) is 5.82 Å². The maximum absolute atomic E-state index is 14.1. The third-order valence-corrected chi connectivity index (χ3v) is 9.46. The molecule has 0 aliphatic heterocycles. The highest BCUT2D eigenvalue weighted by molar-refractivity contribution is 9.13. The summed E-state index contributed by atoms with van der Waals surface area (Å²) in [5.41, 5.74) is 1.54. The molecule has 0 radical (unpaired) electrons. The molecule has 202 valence electrons. The van der Waals surface area contributed by atoms with Crippen molar-refractivity contribution in [1.29, 1.82) is 0 Å². The van der Waals surface area contributed by atoms with Gasteiger partial charge in [-0.15, -0.1) is 0 Å². The minimum Gasteiger partial charge on any atom is -0.493 e. The number of fused-ring (bicyclic) bond motifs is 1. The summed E-state index contributed by atoms with van der Waals surface area (Å²) in [6, 6.07) is 13.7. The SMILES string of the molecule is COc1cc(C=Nn2c(C3CCCCC3)nc3ccc(Br)cc3c2=O)c(Br)c(Br)c1OCc1ccccc1F. The van der Waals surface area contributed by atoms with Gasteiger partial charge in [0, 0.05) is 26.0 Å². The van der Waals surface area contributed by atoms with E-state index in [-0.39, 0.29) is 23.9 Å². The van der Waals surface area contributed by atoms with Crippen LogP contribution in [0.1, 0.15) is 55.0 Å². The number of hydrogen-bond acceptors (Lipinski definition) is 5. The lowest BCUT2D eigenvalue weighted by atomic mass is 9.88. The molecule has 0 bridgehead atoms. The topological polar surface area (TPSA) is 65.7 Å². The number of hydrogen-bond donors (Lipinski definition) is 0. The van der Waals surface area contributed by atoms with Gasteiger partial charge in [-0.2, -0.15) is 9.78 Å². The highest BCUT2D eigenvalue weighted by Gasteiger charge is 2.23. The van der Waals surface area contributed by atoms with Crippen molar-refractivity contribution in [2.45, 2.75) is 44.6 Å². The molecule has 1 aliphatic rings. The number of methoxy groups -OCH3 is 1. The molecule has 0 amide bonds. The lowest BCUT2D eigenvalue weighted by molar-refractivity contribution is 0.277. The zero-order valence-electron chi connectivity index (χ0n) is 21.1. The van der Waals surface area contributed by atoms with Gasteiger partial charge in [-0.05, 0) is 75.0 Å². The van der Waals surface area contributed by atoms with Crippen LogP contribution in [0.25, 0.3) is 10.9 Å². The van der Waals surface area contributed by atoms with Gasteiger partial charge in [0.1, 0.15) is 18.2 Å². The summed E-state index contributed by atoms with van der Waals surface area (Å²) >= 11 is 10.7. The Morgan fingerprint density at radius 3 is 2.59 bits per heavy atom. The van der Waals surface area contributed by atoms with Crippen LogP contribution in [0.2, 0.25) is 0 Å². The molecule has 0 unspecified atom stereocenters. The lowest BCUT2D eigenvalue weighted by Crippen LogP contribution is -2.25. The van der Waals surface area contributed by atoms with E-state index in [4.69, 9.17) is 14.5 Å². The van der Waals surface area contributed by atoms with Crippen LogP contribution in [-0.2, 0) is 6.61 Å². The molecule has 3 aromatic carbocycles. The number of benzene rings is 3. The van der Waals surface area contributed by atoms with E-state index in [1.807, 2.05) is 12.1 Å². The standard InChI is InChI=1S/C29H25Br3FN3O3/c1-38-24-13-19(25(31)26(32)27(24)39-16-18-9-5-6-10-22(18)33)15-34-36-28(17-7-3-2-4-8-17)35-23-12-11-20(30)14-21(23)29(36)37/h5-6,9-15,17H,2-4,7-8,16H2,1H3. The molecule has 5 rings (SSSR count). The predicted octanol–water partition coefficient (Wildman–Crippen LogP) is 8.34. The molecule has 1 aliphatic carbocycles. The second-order valence-corrected chi connectivity index (χ2v) is 11.8. The summed E-state index contributed by atoms with van der Waals surface area (Å²) < 4.78 is 29.1. The predicted molar refractivity (Wildman–Crippen MR) is 162 cm³/mol. The van der Waals surface area contributed by atoms with E-state index in [1.54, 1.807) is 36.5 Å². The van der Waals surface area contributed by atoms with E-state index in [0.29, 0.717) is 48.3 Å². The maximum atomic E-state index is 14.1. The largest absolute Gasteiger partial charge is 0.493 e. The van der Waals surface area contributed by atoms with Crippen molar-refractivity contribution in [2.24, 2.45) is 5.10 Å². The summed E-state index contributed by atoms with van der Waals surface area (Å²) in [7, 11) is 1.53. The van der Waals surface area contributed by atoms with Crippen molar-refractivity contribution in [3.63, 3.8) is 0 Å². The first-order valence-corrected chi connectivity index (χ1v) is 14.9. The fourth-order valence-corrected chi connectivity index (χ4v) is 6.07. The van der Waals surface area contributed by atoms with Crippen LogP contribution in [0.4, 0.5) is 4.39 Å². The fraction of sp³-hybridized carbons (Fsp3) is 0.276. The van der Waals surface area contributed by atoms with E-state index in [2.05, 4.69) is 52.9 Å². The zero-order valence-corrected chi connectivity index (χ0v) is 25.9. The third-order valence-electron chi connectivity index (χ3n) is 6.82. The van der Waals surface area contributed by atoms with E-state index >= 15 is 0 Å². The van der Waals surface area contributed by atoms with Crippen LogP contribution in [0.15, 0.2) is 71.8 Å². The first-order valence-electron chi connectivity index (χ1n) is 12.6. The molecule has 1 fully saturated rings. The molecule has 1 aromatic heterocycles. The van der Waals surface area contributed by atoms with Gasteiger partial charge in [-0.25, -0.2) is 9.37 Å². The highest BCUT2D eigenvalue weighted by atomic mass is 79.9. The molecule has 0 saturated heterocycles. The van der Waals surface area contributed by atoms with Crippen molar-refractivity contribution in [3.8, 4) is 11.5 Å². The number of ether oxygens (including phenoxy) is 2. The Morgan fingerprint density at radius 1 is 1.08 bits per heavy atom. The van der Waals surface area contributed by atoms with Gasteiger partial charge in [0.05, 0.1) is 28.7 Å². The number of halogens is 4. The monoisotopic (exact) mass is 719 g/mol. The summed E-state index contributed by atoms with van der Waals surface area (Å²) in [6.45, 7) is 0.0277. The summed E-state index contributed by atoms with van der Waals surface area (Å²) in [4.78, 5) is 18.5. The van der Waals surface area contributed by atoms with E-state index in [1.165, 1.54) is 24.3 Å². The van der Waals surface area contributed by atoms with E-state index in [0.717, 1.165) is 30.2 Å². The van der Waals surface area contributed by atoms with Crippen LogP contribution >= 0.6 is 47.8 Å². The van der Waals surface area contributed by atoms with Gasteiger partial charge in [0.2, 0.25) is 0 Å². The van der Waals surface area contributed by atoms with Gasteiger partial charge in [-0.1, -0.05) is 53.4 Å². The number of nitrogens with zero attached hydrogens (tertiary/aromatic N) is 3. The Labute approximate surface area is 250 Å². The van der Waals surface area contributed by atoms with E-state index < -0.39 is 0 Å². The van der Waals surface area contributed by atoms with Crippen molar-refractivity contribution in [2.75, 3.05) is 7.11 Å². The second kappa shape index (κ2) is 12.3. The van der Waals surface area contributed by atoms with Crippen LogP contribution < -0.4 is 15.0 Å². The minimum atomic E-state index is -0.342. The molecule has 0 spiro atoms. The van der Waals surface area contributed by atoms with Crippen molar-refractivity contribution < 1.29 is 13.9 Å². The maximum Gasteiger partial charge on any atom is 0.282 e. The van der Waals surface area contributed by atoms with Crippen LogP contribution in [0.5, 0.6) is 11.5 Å². The molecule has 0 atom stereocenters. The van der Waals surface area contributed by atoms with Crippen LogP contribution in [0.3, 0.4) is 0 Å². The first kappa shape index (κ1) is 28.0. The lowest BCUT2D eigenvalue weighted by Gasteiger charge is -2.22. The molecular weight excluding hydrogens is 697 g/mol. The van der Waals surface area contributed by atoms with Crippen molar-refractivity contribution >= 4 is 64.9 Å². The van der Waals surface area contributed by atoms with Gasteiger partial charge in [0.25, 0.3) is 5.56 Å². The molecule has 1 heterocycles. The molecule has 6 nitrogen and oxygen atoms in total. The third kappa shape index (κ3) is 5.98. The molecule has 4 aromatic rings. The van der Waals surface area contributed by atoms with Gasteiger partial charge < -0.3 is 9.47 Å². The molecule has 1 saturated carbocycles. The smallest absolute Gasteiger partial charge is 0.282 e. The summed E-state index contributed by atoms with van der Waals surface area (Å²) in [6.07, 6.45) is 6.95. The minimum absolute atomic E-state index is 0.0277. The average molecular weight is 722 g/mol. The molecular formula is C29H25Br3FN3O3. The quantitative estimate of drug-likeness (QED) is 0.180. The van der Waals surface area contributed by atoms with Gasteiger partial charge >= 0.3 is 0 Å². The Balaban J connectivity index is 1.54. The molecule has 10 heteroatoms. The normalized spacial score (nSPS) is 14.3. The molecule has 0 N–H and O–H groups in total. The number of rotatable bonds is 7. The summed E-state index contributed by atoms with van der Waals surface area (Å²) in [5, 5.41) is 5.14. The Kier molecular flexibility index (Phi) is 8.83. The highest BCUT2D eigenvalue weighted by Crippen LogP contribution is 2.43. The second-order valence-electron chi connectivity index (χ2n) is 9.33. The van der Waals surface area contributed by atoms with Gasteiger partial charge in [-0.3, -0.25) is 4.79 Å². The van der Waals surface area contributed by atoms with E-state index in [9.17, 15) is 9.18 Å². The summed E-state index contributed by atoms with van der Waals surface area (Å²) in [5.74, 6) is 1.35. The Morgan fingerprint density at radius 2 is 1.85 bits per heavy atom.